The van der Waals surface area contributed by atoms with Gasteiger partial charge in [-0.05, 0) is 42.8 Å². The molecule has 1 aliphatic rings. The van der Waals surface area contributed by atoms with Crippen LogP contribution in [-0.2, 0) is 20.9 Å². The summed E-state index contributed by atoms with van der Waals surface area (Å²) in [6.07, 6.45) is 2.09. The normalized spacial score (nSPS) is 18.3. The minimum atomic E-state index is -0.313. The first kappa shape index (κ1) is 16.8. The summed E-state index contributed by atoms with van der Waals surface area (Å²) in [4.78, 5) is 35.2. The van der Waals surface area contributed by atoms with Crippen LogP contribution in [0, 0.1) is 11.8 Å². The van der Waals surface area contributed by atoms with Gasteiger partial charge in [0.25, 0.3) is 0 Å². The Morgan fingerprint density at radius 3 is 2.24 bits per heavy atom. The second-order valence-corrected chi connectivity index (χ2v) is 5.99. The minimum absolute atomic E-state index is 0.141. The second-order valence-electron chi connectivity index (χ2n) is 5.99. The molecule has 0 radical (unpaired) electrons. The van der Waals surface area contributed by atoms with Gasteiger partial charge in [-0.1, -0.05) is 0 Å². The number of benzene rings is 1. The Bertz CT molecular complexity index is 768. The highest BCUT2D eigenvalue weighted by Crippen LogP contribution is 2.39. The Labute approximate surface area is 144 Å². The number of anilines is 2. The molecular formula is C18H19N3O4. The van der Waals surface area contributed by atoms with Crippen LogP contribution in [-0.4, -0.2) is 17.7 Å². The van der Waals surface area contributed by atoms with Crippen LogP contribution in [0.1, 0.15) is 19.1 Å². The SMILES string of the molecule is CC(=O)Nc1ccc(NC(=O)C2CC2C(=O)NCc2ccco2)cc1. The van der Waals surface area contributed by atoms with Crippen molar-refractivity contribution in [2.75, 3.05) is 10.6 Å². The van der Waals surface area contributed by atoms with Gasteiger partial charge in [0.2, 0.25) is 17.7 Å². The topological polar surface area (TPSA) is 100 Å². The first-order valence-electron chi connectivity index (χ1n) is 8.01. The summed E-state index contributed by atoms with van der Waals surface area (Å²) < 4.78 is 5.15. The van der Waals surface area contributed by atoms with E-state index in [1.54, 1.807) is 42.7 Å². The zero-order valence-electron chi connectivity index (χ0n) is 13.7. The van der Waals surface area contributed by atoms with E-state index >= 15 is 0 Å². The van der Waals surface area contributed by atoms with Gasteiger partial charge in [0.15, 0.2) is 0 Å². The van der Waals surface area contributed by atoms with E-state index in [4.69, 9.17) is 4.42 Å². The molecule has 0 saturated heterocycles. The number of hydrogen-bond acceptors (Lipinski definition) is 4. The molecule has 130 valence electrons. The predicted molar refractivity (Wildman–Crippen MR) is 91.5 cm³/mol. The van der Waals surface area contributed by atoms with E-state index in [1.807, 2.05) is 0 Å². The van der Waals surface area contributed by atoms with Gasteiger partial charge in [0.1, 0.15) is 5.76 Å². The van der Waals surface area contributed by atoms with Crippen molar-refractivity contribution in [2.45, 2.75) is 19.9 Å². The molecule has 0 spiro atoms. The van der Waals surface area contributed by atoms with Gasteiger partial charge in [0, 0.05) is 18.3 Å². The summed E-state index contributed by atoms with van der Waals surface area (Å²) in [6, 6.07) is 10.4. The van der Waals surface area contributed by atoms with E-state index in [9.17, 15) is 14.4 Å². The first-order valence-corrected chi connectivity index (χ1v) is 8.01. The van der Waals surface area contributed by atoms with Gasteiger partial charge in [-0.3, -0.25) is 14.4 Å². The van der Waals surface area contributed by atoms with E-state index in [2.05, 4.69) is 16.0 Å². The lowest BCUT2D eigenvalue weighted by atomic mass is 10.2. The molecule has 1 aromatic heterocycles. The van der Waals surface area contributed by atoms with Gasteiger partial charge in [-0.25, -0.2) is 0 Å². The summed E-state index contributed by atoms with van der Waals surface area (Å²) in [5, 5.41) is 8.21. The fourth-order valence-electron chi connectivity index (χ4n) is 2.57. The number of nitrogens with one attached hydrogen (secondary N) is 3. The summed E-state index contributed by atoms with van der Waals surface area (Å²) in [7, 11) is 0. The molecular weight excluding hydrogens is 322 g/mol. The smallest absolute Gasteiger partial charge is 0.228 e. The van der Waals surface area contributed by atoms with Crippen LogP contribution in [0.3, 0.4) is 0 Å². The Morgan fingerprint density at radius 1 is 1.00 bits per heavy atom. The molecule has 7 heteroatoms. The van der Waals surface area contributed by atoms with Crippen LogP contribution < -0.4 is 16.0 Å². The Hall–Kier alpha value is -3.09. The summed E-state index contributed by atoms with van der Waals surface area (Å²) in [6.45, 7) is 1.75. The standard InChI is InChI=1S/C18H19N3O4/c1-11(22)20-12-4-6-13(7-5-12)21-18(24)16-9-15(16)17(23)19-10-14-3-2-8-25-14/h2-8,15-16H,9-10H2,1H3,(H,19,23)(H,20,22)(H,21,24). The molecule has 3 rings (SSSR count). The van der Waals surface area contributed by atoms with Gasteiger partial charge >= 0.3 is 0 Å². The molecule has 1 aliphatic carbocycles. The van der Waals surface area contributed by atoms with Crippen LogP contribution in [0.5, 0.6) is 0 Å². The van der Waals surface area contributed by atoms with Crippen LogP contribution in [0.15, 0.2) is 47.1 Å². The zero-order chi connectivity index (χ0) is 17.8. The third-order valence-corrected chi connectivity index (χ3v) is 3.95. The lowest BCUT2D eigenvalue weighted by Gasteiger charge is -2.07. The van der Waals surface area contributed by atoms with E-state index in [0.29, 0.717) is 30.1 Å². The summed E-state index contributed by atoms with van der Waals surface area (Å²) in [5.41, 5.74) is 1.29. The zero-order valence-corrected chi connectivity index (χ0v) is 13.7. The van der Waals surface area contributed by atoms with Crippen LogP contribution in [0.25, 0.3) is 0 Å². The highest BCUT2D eigenvalue weighted by Gasteiger charge is 2.47. The van der Waals surface area contributed by atoms with Crippen LogP contribution in [0.2, 0.25) is 0 Å². The average molecular weight is 341 g/mol. The predicted octanol–water partition coefficient (Wildman–Crippen LogP) is 2.13. The third kappa shape index (κ3) is 4.47. The highest BCUT2D eigenvalue weighted by molar-refractivity contribution is 5.99. The number of hydrogen-bond donors (Lipinski definition) is 3. The Balaban J connectivity index is 1.46. The van der Waals surface area contributed by atoms with Crippen molar-refractivity contribution in [2.24, 2.45) is 11.8 Å². The van der Waals surface area contributed by atoms with Gasteiger partial charge in [-0.2, -0.15) is 0 Å². The lowest BCUT2D eigenvalue weighted by Crippen LogP contribution is -2.26. The van der Waals surface area contributed by atoms with Crippen molar-refractivity contribution in [3.63, 3.8) is 0 Å². The van der Waals surface area contributed by atoms with Crippen molar-refractivity contribution in [3.05, 3.63) is 48.4 Å². The van der Waals surface area contributed by atoms with E-state index in [0.717, 1.165) is 0 Å². The molecule has 1 aromatic carbocycles. The monoisotopic (exact) mass is 341 g/mol. The second kappa shape index (κ2) is 7.21. The molecule has 25 heavy (non-hydrogen) atoms. The molecule has 1 saturated carbocycles. The number of furan rings is 1. The van der Waals surface area contributed by atoms with E-state index < -0.39 is 0 Å². The van der Waals surface area contributed by atoms with Crippen molar-refractivity contribution in [3.8, 4) is 0 Å². The Morgan fingerprint density at radius 2 is 1.64 bits per heavy atom. The Kier molecular flexibility index (Phi) is 4.83. The molecule has 0 bridgehead atoms. The van der Waals surface area contributed by atoms with E-state index in [1.165, 1.54) is 6.92 Å². The number of carbonyl (C=O) groups excluding carboxylic acids is 3. The van der Waals surface area contributed by atoms with Crippen molar-refractivity contribution in [1.82, 2.24) is 5.32 Å². The van der Waals surface area contributed by atoms with Crippen LogP contribution >= 0.6 is 0 Å². The quantitative estimate of drug-likeness (QED) is 0.749. The largest absolute Gasteiger partial charge is 0.467 e. The van der Waals surface area contributed by atoms with Gasteiger partial charge < -0.3 is 20.4 Å². The van der Waals surface area contributed by atoms with Crippen LogP contribution in [0.4, 0.5) is 11.4 Å². The summed E-state index contributed by atoms with van der Waals surface area (Å²) >= 11 is 0. The molecule has 3 amide bonds. The fourth-order valence-corrected chi connectivity index (χ4v) is 2.57. The molecule has 3 N–H and O–H groups in total. The maximum absolute atomic E-state index is 12.2. The average Bonchev–Trinajstić information content (AvgIpc) is 3.22. The van der Waals surface area contributed by atoms with Crippen molar-refractivity contribution < 1.29 is 18.8 Å². The maximum atomic E-state index is 12.2. The highest BCUT2D eigenvalue weighted by atomic mass is 16.3. The molecule has 7 nitrogen and oxygen atoms in total. The molecule has 2 unspecified atom stereocenters. The van der Waals surface area contributed by atoms with Crippen molar-refractivity contribution in [1.29, 1.82) is 0 Å². The molecule has 0 aliphatic heterocycles. The number of amides is 3. The lowest BCUT2D eigenvalue weighted by molar-refractivity contribution is -0.125. The fraction of sp³-hybridized carbons (Fsp3) is 0.278. The third-order valence-electron chi connectivity index (χ3n) is 3.95. The van der Waals surface area contributed by atoms with Gasteiger partial charge in [0.05, 0.1) is 24.6 Å². The van der Waals surface area contributed by atoms with E-state index in [-0.39, 0.29) is 29.6 Å². The summed E-state index contributed by atoms with van der Waals surface area (Å²) in [5.74, 6) is -0.407. The molecule has 2 atom stereocenters. The number of rotatable bonds is 6. The first-order chi connectivity index (χ1) is 12.0. The maximum Gasteiger partial charge on any atom is 0.228 e. The number of carbonyl (C=O) groups is 3. The van der Waals surface area contributed by atoms with Crippen molar-refractivity contribution >= 4 is 29.1 Å². The molecule has 1 heterocycles. The molecule has 2 aromatic rings. The van der Waals surface area contributed by atoms with Gasteiger partial charge in [-0.15, -0.1) is 0 Å². The molecule has 1 fully saturated rings. The minimum Gasteiger partial charge on any atom is -0.467 e.